The molecule has 1 aliphatic rings. The van der Waals surface area contributed by atoms with Gasteiger partial charge in [0.2, 0.25) is 0 Å². The molecule has 0 saturated carbocycles. The fourth-order valence-electron chi connectivity index (χ4n) is 4.27. The molecule has 0 N–H and O–H groups in total. The Bertz CT molecular complexity index is 1300. The molecule has 5 heteroatoms. The minimum absolute atomic E-state index is 0.302. The summed E-state index contributed by atoms with van der Waals surface area (Å²) in [6.45, 7) is 2.94. The minimum atomic E-state index is -0.887. The molecule has 2 nitrogen and oxygen atoms in total. The van der Waals surface area contributed by atoms with Crippen molar-refractivity contribution in [1.29, 1.82) is 0 Å². The van der Waals surface area contributed by atoms with Gasteiger partial charge in [0.05, 0.1) is 11.4 Å². The highest BCUT2D eigenvalue weighted by atomic mass is 19.2. The number of ether oxygens (including phenoxy) is 1. The summed E-state index contributed by atoms with van der Waals surface area (Å²) < 4.78 is 47.6. The van der Waals surface area contributed by atoms with Gasteiger partial charge in [-0.3, -0.25) is 0 Å². The van der Waals surface area contributed by atoms with Crippen LogP contribution in [-0.2, 0) is 0 Å². The van der Waals surface area contributed by atoms with Crippen LogP contribution in [0.5, 0.6) is 11.5 Å². The molecule has 31 heavy (non-hydrogen) atoms. The summed E-state index contributed by atoms with van der Waals surface area (Å²) in [7, 11) is 0. The molecule has 5 rings (SSSR count). The molecule has 0 unspecified atom stereocenters. The number of fused-ring (bicyclic) bond motifs is 4. The highest BCUT2D eigenvalue weighted by Crippen LogP contribution is 2.49. The quantitative estimate of drug-likeness (QED) is 0.301. The van der Waals surface area contributed by atoms with Crippen molar-refractivity contribution in [2.45, 2.75) is 32.6 Å². The summed E-state index contributed by atoms with van der Waals surface area (Å²) in [6, 6.07) is 14.5. The first-order valence-electron chi connectivity index (χ1n) is 10.6. The molecule has 0 bridgehead atoms. The predicted octanol–water partition coefficient (Wildman–Crippen LogP) is 8.23. The van der Waals surface area contributed by atoms with Gasteiger partial charge in [-0.1, -0.05) is 32.3 Å². The summed E-state index contributed by atoms with van der Waals surface area (Å²) in [5, 5.41) is 2.85. The van der Waals surface area contributed by atoms with Gasteiger partial charge >= 0.3 is 0 Å². The Morgan fingerprint density at radius 1 is 0.677 bits per heavy atom. The van der Waals surface area contributed by atoms with Crippen molar-refractivity contribution in [3.05, 3.63) is 72.0 Å². The van der Waals surface area contributed by atoms with E-state index in [1.54, 1.807) is 12.1 Å². The molecule has 0 amide bonds. The van der Waals surface area contributed by atoms with Crippen LogP contribution in [0.25, 0.3) is 21.5 Å². The van der Waals surface area contributed by atoms with Crippen LogP contribution in [0.2, 0.25) is 0 Å². The van der Waals surface area contributed by atoms with Crippen LogP contribution in [0, 0.1) is 17.5 Å². The van der Waals surface area contributed by atoms with Gasteiger partial charge in [0.25, 0.3) is 0 Å². The van der Waals surface area contributed by atoms with E-state index < -0.39 is 11.6 Å². The smallest absolute Gasteiger partial charge is 0.159 e. The van der Waals surface area contributed by atoms with Gasteiger partial charge in [0.15, 0.2) is 23.1 Å². The molecule has 0 aliphatic carbocycles. The van der Waals surface area contributed by atoms with Crippen LogP contribution in [-0.4, -0.2) is 6.54 Å². The molecule has 0 spiro atoms. The van der Waals surface area contributed by atoms with Gasteiger partial charge in [-0.25, -0.2) is 13.2 Å². The highest BCUT2D eigenvalue weighted by molar-refractivity contribution is 5.96. The molecule has 0 radical (unpaired) electrons. The van der Waals surface area contributed by atoms with Gasteiger partial charge in [0.1, 0.15) is 5.82 Å². The van der Waals surface area contributed by atoms with E-state index in [4.69, 9.17) is 4.74 Å². The van der Waals surface area contributed by atoms with Gasteiger partial charge in [-0.2, -0.15) is 0 Å². The number of nitrogens with zero attached hydrogens (tertiary/aromatic N) is 1. The van der Waals surface area contributed by atoms with Crippen molar-refractivity contribution in [2.75, 3.05) is 11.4 Å². The number of unbranched alkanes of at least 4 members (excludes halogenated alkanes) is 3. The maximum absolute atomic E-state index is 13.9. The van der Waals surface area contributed by atoms with Gasteiger partial charge in [-0.15, -0.1) is 0 Å². The highest BCUT2D eigenvalue weighted by Gasteiger charge is 2.26. The first-order valence-corrected chi connectivity index (χ1v) is 10.6. The van der Waals surface area contributed by atoms with Crippen molar-refractivity contribution in [2.24, 2.45) is 0 Å². The SMILES string of the molecule is CCCCCCN1c2cc3ccc(F)cc3cc2Oc2cc3cc(F)c(F)cc3cc21. The van der Waals surface area contributed by atoms with Crippen LogP contribution in [0.1, 0.15) is 32.6 Å². The number of hydrogen-bond acceptors (Lipinski definition) is 2. The third kappa shape index (κ3) is 3.58. The third-order valence-corrected chi connectivity index (χ3v) is 5.87. The number of anilines is 2. The molecular weight excluding hydrogens is 399 g/mol. The average molecular weight is 421 g/mol. The number of halogens is 3. The van der Waals surface area contributed by atoms with E-state index in [0.29, 0.717) is 22.3 Å². The summed E-state index contributed by atoms with van der Waals surface area (Å²) in [6.07, 6.45) is 4.39. The molecule has 4 aromatic carbocycles. The van der Waals surface area contributed by atoms with Crippen LogP contribution in [0.4, 0.5) is 24.5 Å². The monoisotopic (exact) mass is 421 g/mol. The Labute approximate surface area is 178 Å². The zero-order valence-electron chi connectivity index (χ0n) is 17.2. The predicted molar refractivity (Wildman–Crippen MR) is 119 cm³/mol. The lowest BCUT2D eigenvalue weighted by molar-refractivity contribution is 0.473. The number of hydrogen-bond donors (Lipinski definition) is 0. The summed E-state index contributed by atoms with van der Waals surface area (Å²) in [4.78, 5) is 2.17. The van der Waals surface area contributed by atoms with E-state index in [1.807, 2.05) is 18.2 Å². The molecule has 158 valence electrons. The molecule has 0 aromatic heterocycles. The van der Waals surface area contributed by atoms with Crippen molar-refractivity contribution >= 4 is 32.9 Å². The van der Waals surface area contributed by atoms with E-state index in [9.17, 15) is 13.2 Å². The van der Waals surface area contributed by atoms with Crippen molar-refractivity contribution in [3.63, 3.8) is 0 Å². The van der Waals surface area contributed by atoms with Crippen molar-refractivity contribution < 1.29 is 17.9 Å². The second-order valence-electron chi connectivity index (χ2n) is 8.06. The maximum atomic E-state index is 13.9. The van der Waals surface area contributed by atoms with E-state index in [-0.39, 0.29) is 5.82 Å². The standard InChI is InChI=1S/C26H22F3NO/c1-2-3-4-5-8-30-23-12-16-6-7-20(27)9-17(16)14-25(23)31-26-15-19-11-22(29)21(28)10-18(19)13-24(26)30/h6-7,9-15H,2-5,8H2,1H3. The second-order valence-corrected chi connectivity index (χ2v) is 8.06. The van der Waals surface area contributed by atoms with Crippen LogP contribution >= 0.6 is 0 Å². The average Bonchev–Trinajstić information content (AvgIpc) is 2.74. The molecule has 0 fully saturated rings. The molecule has 0 saturated heterocycles. The lowest BCUT2D eigenvalue weighted by Crippen LogP contribution is -2.22. The molecular formula is C26H22F3NO. The van der Waals surface area contributed by atoms with E-state index in [1.165, 1.54) is 24.3 Å². The fourth-order valence-corrected chi connectivity index (χ4v) is 4.27. The first kappa shape index (κ1) is 19.7. The normalized spacial score (nSPS) is 12.7. The number of rotatable bonds is 5. The van der Waals surface area contributed by atoms with E-state index >= 15 is 0 Å². The van der Waals surface area contributed by atoms with E-state index in [0.717, 1.165) is 54.4 Å². The third-order valence-electron chi connectivity index (χ3n) is 5.87. The fraction of sp³-hybridized carbons (Fsp3) is 0.231. The van der Waals surface area contributed by atoms with Gasteiger partial charge in [-0.05, 0) is 76.5 Å². The minimum Gasteiger partial charge on any atom is -0.453 e. The number of benzene rings is 4. The van der Waals surface area contributed by atoms with Crippen molar-refractivity contribution in [3.8, 4) is 11.5 Å². The van der Waals surface area contributed by atoms with E-state index in [2.05, 4.69) is 11.8 Å². The zero-order chi connectivity index (χ0) is 21.5. The Kier molecular flexibility index (Phi) is 4.97. The molecule has 4 aromatic rings. The molecule has 1 aliphatic heterocycles. The maximum Gasteiger partial charge on any atom is 0.159 e. The lowest BCUT2D eigenvalue weighted by atomic mass is 10.0. The van der Waals surface area contributed by atoms with Crippen molar-refractivity contribution in [1.82, 2.24) is 0 Å². The Morgan fingerprint density at radius 3 is 1.97 bits per heavy atom. The topological polar surface area (TPSA) is 12.5 Å². The molecule has 1 heterocycles. The largest absolute Gasteiger partial charge is 0.453 e. The first-order chi connectivity index (χ1) is 15.0. The van der Waals surface area contributed by atoms with Crippen LogP contribution in [0.15, 0.2) is 54.6 Å². The molecule has 0 atom stereocenters. The summed E-state index contributed by atoms with van der Waals surface area (Å²) in [5.74, 6) is -0.850. The zero-order valence-corrected chi connectivity index (χ0v) is 17.2. The van der Waals surface area contributed by atoms with Gasteiger partial charge in [0, 0.05) is 6.54 Å². The Balaban J connectivity index is 1.65. The Hall–Kier alpha value is -3.21. The lowest BCUT2D eigenvalue weighted by Gasteiger charge is -2.33. The second kappa shape index (κ2) is 7.80. The summed E-state index contributed by atoms with van der Waals surface area (Å²) >= 11 is 0. The van der Waals surface area contributed by atoms with Gasteiger partial charge < -0.3 is 9.64 Å². The summed E-state index contributed by atoms with van der Waals surface area (Å²) in [5.41, 5.74) is 1.72. The van der Waals surface area contributed by atoms with Crippen LogP contribution < -0.4 is 9.64 Å². The Morgan fingerprint density at radius 2 is 1.29 bits per heavy atom. The van der Waals surface area contributed by atoms with Crippen LogP contribution in [0.3, 0.4) is 0 Å².